The van der Waals surface area contributed by atoms with Crippen molar-refractivity contribution in [3.8, 4) is 11.1 Å². The third-order valence-electron chi connectivity index (χ3n) is 2.81. The largest absolute Gasteiger partial charge is 0.461 e. The number of esters is 1. The summed E-state index contributed by atoms with van der Waals surface area (Å²) in [7, 11) is 0. The van der Waals surface area contributed by atoms with Crippen LogP contribution in [0.3, 0.4) is 0 Å². The summed E-state index contributed by atoms with van der Waals surface area (Å²) in [5, 5.41) is 0. The van der Waals surface area contributed by atoms with Crippen molar-refractivity contribution in [2.75, 3.05) is 6.54 Å². The first-order chi connectivity index (χ1) is 9.29. The molecule has 0 radical (unpaired) electrons. The molecule has 4 heteroatoms. The molecule has 0 saturated heterocycles. The summed E-state index contributed by atoms with van der Waals surface area (Å²) in [6.45, 7) is 0.625. The maximum Gasteiger partial charge on any atom is 0.307 e. The van der Waals surface area contributed by atoms with Gasteiger partial charge in [0, 0.05) is 6.54 Å². The van der Waals surface area contributed by atoms with E-state index < -0.39 is 0 Å². The normalized spacial score (nSPS) is 9.65. The number of benzene rings is 2. The Hall–Kier alpha value is -1.84. The number of hydrogen-bond acceptors (Lipinski definition) is 3. The average Bonchev–Trinajstić information content (AvgIpc) is 2.47. The van der Waals surface area contributed by atoms with E-state index in [1.165, 1.54) is 5.56 Å². The van der Waals surface area contributed by atoms with E-state index in [1.54, 1.807) is 0 Å². The molecule has 0 bridgehead atoms. The molecule has 106 valence electrons. The first-order valence-electron chi connectivity index (χ1n) is 6.29. The lowest BCUT2D eigenvalue weighted by Gasteiger charge is -2.06. The highest BCUT2D eigenvalue weighted by Gasteiger charge is 2.02. The Morgan fingerprint density at radius 3 is 2.15 bits per heavy atom. The zero-order valence-electron chi connectivity index (χ0n) is 11.1. The molecule has 0 aliphatic rings. The van der Waals surface area contributed by atoms with Crippen LogP contribution in [-0.2, 0) is 16.1 Å². The standard InChI is InChI=1S/C16H17NO2.ClH/c17-11-10-16(18)19-12-13-6-8-15(9-7-13)14-4-2-1-3-5-14;/h1-9H,10-12,17H2;1H. The Kier molecular flexibility index (Phi) is 6.77. The summed E-state index contributed by atoms with van der Waals surface area (Å²) < 4.78 is 5.10. The minimum Gasteiger partial charge on any atom is -0.461 e. The fraction of sp³-hybridized carbons (Fsp3) is 0.188. The van der Waals surface area contributed by atoms with Gasteiger partial charge < -0.3 is 10.5 Å². The second-order valence-corrected chi connectivity index (χ2v) is 4.26. The molecule has 2 aromatic carbocycles. The number of carbonyl (C=O) groups is 1. The van der Waals surface area contributed by atoms with Crippen LogP contribution in [0, 0.1) is 0 Å². The zero-order valence-corrected chi connectivity index (χ0v) is 11.9. The topological polar surface area (TPSA) is 52.3 Å². The van der Waals surface area contributed by atoms with E-state index in [0.29, 0.717) is 13.2 Å². The molecule has 2 N–H and O–H groups in total. The predicted octanol–water partition coefficient (Wildman–Crippen LogP) is 3.17. The van der Waals surface area contributed by atoms with Crippen molar-refractivity contribution < 1.29 is 9.53 Å². The van der Waals surface area contributed by atoms with Crippen LogP contribution in [0.15, 0.2) is 54.6 Å². The molecule has 0 heterocycles. The molecular weight excluding hydrogens is 274 g/mol. The van der Waals surface area contributed by atoms with Gasteiger partial charge in [0.25, 0.3) is 0 Å². The van der Waals surface area contributed by atoms with Crippen LogP contribution in [0.25, 0.3) is 11.1 Å². The predicted molar refractivity (Wildman–Crippen MR) is 82.6 cm³/mol. The van der Waals surface area contributed by atoms with Gasteiger partial charge in [-0.2, -0.15) is 0 Å². The van der Waals surface area contributed by atoms with Crippen LogP contribution in [0.4, 0.5) is 0 Å². The van der Waals surface area contributed by atoms with Gasteiger partial charge in [0.15, 0.2) is 0 Å². The molecule has 0 aliphatic carbocycles. The number of ether oxygens (including phenoxy) is 1. The van der Waals surface area contributed by atoms with Crippen LogP contribution in [0.2, 0.25) is 0 Å². The fourth-order valence-corrected chi connectivity index (χ4v) is 1.78. The third kappa shape index (κ3) is 4.68. The Balaban J connectivity index is 0.00000200. The Bertz CT molecular complexity index is 526. The molecule has 0 spiro atoms. The maximum absolute atomic E-state index is 11.2. The molecule has 0 amide bonds. The molecule has 0 aliphatic heterocycles. The highest BCUT2D eigenvalue weighted by atomic mass is 35.5. The lowest BCUT2D eigenvalue weighted by Crippen LogP contribution is -2.10. The maximum atomic E-state index is 11.2. The van der Waals surface area contributed by atoms with Crippen LogP contribution in [-0.4, -0.2) is 12.5 Å². The number of nitrogens with two attached hydrogens (primary N) is 1. The minimum atomic E-state index is -0.255. The first-order valence-corrected chi connectivity index (χ1v) is 6.29. The lowest BCUT2D eigenvalue weighted by atomic mass is 10.0. The van der Waals surface area contributed by atoms with Gasteiger partial charge in [0.05, 0.1) is 6.42 Å². The molecule has 20 heavy (non-hydrogen) atoms. The number of hydrogen-bond donors (Lipinski definition) is 1. The molecule has 0 fully saturated rings. The van der Waals surface area contributed by atoms with Crippen LogP contribution < -0.4 is 5.73 Å². The summed E-state index contributed by atoms with van der Waals surface area (Å²) >= 11 is 0. The third-order valence-corrected chi connectivity index (χ3v) is 2.81. The summed E-state index contributed by atoms with van der Waals surface area (Å²) in [5.74, 6) is -0.255. The number of halogens is 1. The highest BCUT2D eigenvalue weighted by molar-refractivity contribution is 5.85. The summed E-state index contributed by atoms with van der Waals surface area (Å²) in [4.78, 5) is 11.2. The Morgan fingerprint density at radius 1 is 0.950 bits per heavy atom. The Morgan fingerprint density at radius 2 is 1.55 bits per heavy atom. The van der Waals surface area contributed by atoms with Gasteiger partial charge in [-0.25, -0.2) is 0 Å². The van der Waals surface area contributed by atoms with Crippen LogP contribution >= 0.6 is 12.4 Å². The molecule has 0 unspecified atom stereocenters. The molecule has 2 aromatic rings. The van der Waals surface area contributed by atoms with Crippen molar-refractivity contribution in [1.29, 1.82) is 0 Å². The molecule has 0 atom stereocenters. The van der Waals surface area contributed by atoms with Gasteiger partial charge >= 0.3 is 5.97 Å². The molecular formula is C16H18ClNO2. The monoisotopic (exact) mass is 291 g/mol. The van der Waals surface area contributed by atoms with Gasteiger partial charge in [-0.05, 0) is 16.7 Å². The quantitative estimate of drug-likeness (QED) is 0.861. The zero-order chi connectivity index (χ0) is 13.5. The van der Waals surface area contributed by atoms with E-state index in [-0.39, 0.29) is 24.8 Å². The van der Waals surface area contributed by atoms with Crippen LogP contribution in [0.5, 0.6) is 0 Å². The smallest absolute Gasteiger partial charge is 0.307 e. The van der Waals surface area contributed by atoms with Crippen molar-refractivity contribution in [2.24, 2.45) is 5.73 Å². The SMILES string of the molecule is Cl.NCCC(=O)OCc1ccc(-c2ccccc2)cc1. The summed E-state index contributed by atoms with van der Waals surface area (Å²) in [6, 6.07) is 18.1. The number of rotatable bonds is 5. The van der Waals surface area contributed by atoms with Gasteiger partial charge in [0.2, 0.25) is 0 Å². The minimum absolute atomic E-state index is 0. The van der Waals surface area contributed by atoms with Crippen LogP contribution in [0.1, 0.15) is 12.0 Å². The van der Waals surface area contributed by atoms with Crippen molar-refractivity contribution in [1.82, 2.24) is 0 Å². The van der Waals surface area contributed by atoms with Gasteiger partial charge in [0.1, 0.15) is 6.61 Å². The van der Waals surface area contributed by atoms with Crippen molar-refractivity contribution in [3.05, 3.63) is 60.2 Å². The highest BCUT2D eigenvalue weighted by Crippen LogP contribution is 2.19. The van der Waals surface area contributed by atoms with E-state index in [1.807, 2.05) is 42.5 Å². The molecule has 3 nitrogen and oxygen atoms in total. The molecule has 2 rings (SSSR count). The van der Waals surface area contributed by atoms with Crippen molar-refractivity contribution in [2.45, 2.75) is 13.0 Å². The lowest BCUT2D eigenvalue weighted by molar-refractivity contribution is -0.144. The van der Waals surface area contributed by atoms with Crippen molar-refractivity contribution >= 4 is 18.4 Å². The van der Waals surface area contributed by atoms with E-state index in [0.717, 1.165) is 11.1 Å². The van der Waals surface area contributed by atoms with Gasteiger partial charge in [-0.3, -0.25) is 4.79 Å². The Labute approximate surface area is 125 Å². The van der Waals surface area contributed by atoms with E-state index >= 15 is 0 Å². The van der Waals surface area contributed by atoms with Gasteiger partial charge in [-0.1, -0.05) is 54.6 Å². The second kappa shape index (κ2) is 8.35. The molecule has 0 saturated carbocycles. The molecule has 0 aromatic heterocycles. The summed E-state index contributed by atoms with van der Waals surface area (Å²) in [5.41, 5.74) is 8.58. The average molecular weight is 292 g/mol. The summed E-state index contributed by atoms with van der Waals surface area (Å²) in [6.07, 6.45) is 0.266. The van der Waals surface area contributed by atoms with E-state index in [4.69, 9.17) is 10.5 Å². The number of carbonyl (C=O) groups excluding carboxylic acids is 1. The van der Waals surface area contributed by atoms with Crippen molar-refractivity contribution in [3.63, 3.8) is 0 Å². The second-order valence-electron chi connectivity index (χ2n) is 4.26. The van der Waals surface area contributed by atoms with E-state index in [2.05, 4.69) is 12.1 Å². The van der Waals surface area contributed by atoms with Gasteiger partial charge in [-0.15, -0.1) is 12.4 Å². The first kappa shape index (κ1) is 16.2. The van der Waals surface area contributed by atoms with E-state index in [9.17, 15) is 4.79 Å². The fourth-order valence-electron chi connectivity index (χ4n) is 1.78.